The number of rotatable bonds is 11. The molecule has 0 fully saturated rings. The molecule has 4 rings (SSSR count). The summed E-state index contributed by atoms with van der Waals surface area (Å²) in [6.07, 6.45) is 0. The summed E-state index contributed by atoms with van der Waals surface area (Å²) >= 11 is 0. The molecule has 40 heavy (non-hydrogen) atoms. The van der Waals surface area contributed by atoms with Crippen LogP contribution in [0.4, 0.5) is 5.69 Å². The molecule has 0 saturated carbocycles. The van der Waals surface area contributed by atoms with Crippen LogP contribution in [0.15, 0.2) is 108 Å². The molecule has 0 aliphatic rings. The highest BCUT2D eigenvalue weighted by atomic mass is 32.2. The molecule has 1 amide bonds. The predicted octanol–water partition coefficient (Wildman–Crippen LogP) is 5.19. The second-order valence-electron chi connectivity index (χ2n) is 9.17. The van der Waals surface area contributed by atoms with Crippen molar-refractivity contribution in [1.29, 1.82) is 0 Å². The molecule has 0 aliphatic carbocycles. The molecule has 0 radical (unpaired) electrons. The fourth-order valence-corrected chi connectivity index (χ4v) is 4.93. The normalized spacial score (nSPS) is 11.2. The third-order valence-corrected chi connectivity index (χ3v) is 7.85. The third-order valence-electron chi connectivity index (χ3n) is 6.03. The van der Waals surface area contributed by atoms with Crippen molar-refractivity contribution in [3.63, 3.8) is 0 Å². The Morgan fingerprint density at radius 1 is 0.800 bits per heavy atom. The summed E-state index contributed by atoms with van der Waals surface area (Å²) in [7, 11) is -2.51. The van der Waals surface area contributed by atoms with E-state index in [0.29, 0.717) is 5.69 Å². The monoisotopic (exact) mass is 558 g/mol. The minimum atomic E-state index is -3.85. The summed E-state index contributed by atoms with van der Waals surface area (Å²) in [6, 6.07) is 29.7. The van der Waals surface area contributed by atoms with Crippen LogP contribution in [0.3, 0.4) is 0 Å². The highest BCUT2D eigenvalue weighted by molar-refractivity contribution is 7.89. The van der Waals surface area contributed by atoms with E-state index >= 15 is 0 Å². The van der Waals surface area contributed by atoms with E-state index in [-0.39, 0.29) is 29.4 Å². The van der Waals surface area contributed by atoms with Crippen molar-refractivity contribution in [3.05, 3.63) is 125 Å². The highest BCUT2D eigenvalue weighted by Crippen LogP contribution is 2.26. The van der Waals surface area contributed by atoms with Gasteiger partial charge in [-0.25, -0.2) is 13.2 Å². The lowest BCUT2D eigenvalue weighted by molar-refractivity contribution is -0.116. The van der Waals surface area contributed by atoms with Gasteiger partial charge in [-0.3, -0.25) is 4.79 Å². The van der Waals surface area contributed by atoms with Gasteiger partial charge in [-0.05, 0) is 42.3 Å². The SMILES string of the molecule is Cc1ccc(S(=O)(=O)N(C)CC(=O)Nc2ccc(C(=O)OCc3ccccc3)c(OCc3ccccc3)c2)cc1. The molecular weight excluding hydrogens is 528 g/mol. The number of likely N-dealkylation sites (N-methyl/N-ethyl adjacent to an activating group) is 1. The number of ether oxygens (including phenoxy) is 2. The molecule has 0 unspecified atom stereocenters. The fourth-order valence-electron chi connectivity index (χ4n) is 3.80. The largest absolute Gasteiger partial charge is 0.488 e. The lowest BCUT2D eigenvalue weighted by atomic mass is 10.1. The van der Waals surface area contributed by atoms with Gasteiger partial charge in [-0.15, -0.1) is 0 Å². The van der Waals surface area contributed by atoms with Crippen molar-refractivity contribution in [1.82, 2.24) is 4.31 Å². The van der Waals surface area contributed by atoms with Crippen LogP contribution < -0.4 is 10.1 Å². The fraction of sp³-hybridized carbons (Fsp3) is 0.161. The molecule has 206 valence electrons. The number of esters is 1. The minimum Gasteiger partial charge on any atom is -0.488 e. The first-order valence-electron chi connectivity index (χ1n) is 12.6. The molecule has 0 aromatic heterocycles. The Morgan fingerprint density at radius 3 is 2.02 bits per heavy atom. The molecule has 9 heteroatoms. The Balaban J connectivity index is 1.48. The number of sulfonamides is 1. The first kappa shape index (κ1) is 28.5. The van der Waals surface area contributed by atoms with E-state index in [1.165, 1.54) is 31.3 Å². The molecule has 0 atom stereocenters. The summed E-state index contributed by atoms with van der Waals surface area (Å²) in [6.45, 7) is 1.74. The number of carbonyl (C=O) groups is 2. The van der Waals surface area contributed by atoms with Gasteiger partial charge < -0.3 is 14.8 Å². The molecule has 0 spiro atoms. The van der Waals surface area contributed by atoms with E-state index in [4.69, 9.17) is 9.47 Å². The number of nitrogens with zero attached hydrogens (tertiary/aromatic N) is 1. The third kappa shape index (κ3) is 7.56. The Kier molecular flexibility index (Phi) is 9.31. The van der Waals surface area contributed by atoms with Gasteiger partial charge in [0.05, 0.1) is 11.4 Å². The predicted molar refractivity (Wildman–Crippen MR) is 152 cm³/mol. The summed E-state index contributed by atoms with van der Waals surface area (Å²) in [5.74, 6) is -0.902. The van der Waals surface area contributed by atoms with E-state index in [0.717, 1.165) is 21.0 Å². The number of aryl methyl sites for hydroxylation is 1. The van der Waals surface area contributed by atoms with Crippen LogP contribution in [0, 0.1) is 6.92 Å². The average Bonchev–Trinajstić information content (AvgIpc) is 2.96. The van der Waals surface area contributed by atoms with Gasteiger partial charge in [0.1, 0.15) is 24.5 Å². The number of hydrogen-bond donors (Lipinski definition) is 1. The summed E-state index contributed by atoms with van der Waals surface area (Å²) in [4.78, 5) is 25.8. The van der Waals surface area contributed by atoms with E-state index in [9.17, 15) is 18.0 Å². The van der Waals surface area contributed by atoms with Crippen LogP contribution in [0.2, 0.25) is 0 Å². The van der Waals surface area contributed by atoms with Gasteiger partial charge in [0.15, 0.2) is 0 Å². The van der Waals surface area contributed by atoms with Crippen molar-refractivity contribution in [2.75, 3.05) is 18.9 Å². The molecule has 1 N–H and O–H groups in total. The lowest BCUT2D eigenvalue weighted by Gasteiger charge is -2.18. The molecule has 0 aliphatic heterocycles. The standard InChI is InChI=1S/C31H30N2O6S/c1-23-13-16-27(17-14-23)40(36,37)33(2)20-30(34)32-26-15-18-28(31(35)39-22-25-11-7-4-8-12-25)29(19-26)38-21-24-9-5-3-6-10-24/h3-19H,20-22H2,1-2H3,(H,32,34). The first-order chi connectivity index (χ1) is 19.2. The molecule has 0 bridgehead atoms. The zero-order valence-electron chi connectivity index (χ0n) is 22.2. The zero-order valence-corrected chi connectivity index (χ0v) is 23.1. The van der Waals surface area contributed by atoms with Crippen LogP contribution in [-0.2, 0) is 32.8 Å². The number of hydrogen-bond acceptors (Lipinski definition) is 6. The van der Waals surface area contributed by atoms with Crippen LogP contribution in [0.1, 0.15) is 27.0 Å². The number of nitrogens with one attached hydrogen (secondary N) is 1. The van der Waals surface area contributed by atoms with Crippen LogP contribution in [-0.4, -0.2) is 38.2 Å². The quantitative estimate of drug-likeness (QED) is 0.254. The van der Waals surface area contributed by atoms with Crippen molar-refractivity contribution in [2.45, 2.75) is 25.0 Å². The molecule has 4 aromatic rings. The summed E-state index contributed by atoms with van der Waals surface area (Å²) in [5.41, 5.74) is 3.20. The van der Waals surface area contributed by atoms with Gasteiger partial charge in [-0.1, -0.05) is 78.4 Å². The van der Waals surface area contributed by atoms with Gasteiger partial charge in [0.2, 0.25) is 15.9 Å². The highest BCUT2D eigenvalue weighted by Gasteiger charge is 2.23. The van der Waals surface area contributed by atoms with Gasteiger partial charge >= 0.3 is 5.97 Å². The Labute approximate surface area is 234 Å². The van der Waals surface area contributed by atoms with Crippen molar-refractivity contribution < 1.29 is 27.5 Å². The maximum Gasteiger partial charge on any atom is 0.342 e. The topological polar surface area (TPSA) is 102 Å². The van der Waals surface area contributed by atoms with E-state index in [1.807, 2.05) is 67.6 Å². The second-order valence-corrected chi connectivity index (χ2v) is 11.2. The van der Waals surface area contributed by atoms with Crippen LogP contribution >= 0.6 is 0 Å². The number of benzene rings is 4. The molecule has 8 nitrogen and oxygen atoms in total. The van der Waals surface area contributed by atoms with Gasteiger partial charge in [0, 0.05) is 18.8 Å². The molecule has 4 aromatic carbocycles. The van der Waals surface area contributed by atoms with E-state index < -0.39 is 28.4 Å². The van der Waals surface area contributed by atoms with Crippen molar-refractivity contribution in [2.24, 2.45) is 0 Å². The molecular formula is C31H30N2O6S. The smallest absolute Gasteiger partial charge is 0.342 e. The minimum absolute atomic E-state index is 0.0953. The van der Waals surface area contributed by atoms with E-state index in [1.54, 1.807) is 18.2 Å². The van der Waals surface area contributed by atoms with Crippen molar-refractivity contribution >= 4 is 27.6 Å². The van der Waals surface area contributed by atoms with Gasteiger partial charge in [0.25, 0.3) is 0 Å². The number of amides is 1. The maximum atomic E-state index is 12.9. The Morgan fingerprint density at radius 2 is 1.40 bits per heavy atom. The Hall–Kier alpha value is -4.47. The summed E-state index contributed by atoms with van der Waals surface area (Å²) < 4.78 is 38.2. The summed E-state index contributed by atoms with van der Waals surface area (Å²) in [5, 5.41) is 2.69. The first-order valence-corrected chi connectivity index (χ1v) is 14.0. The van der Waals surface area contributed by atoms with Gasteiger partial charge in [-0.2, -0.15) is 4.31 Å². The second kappa shape index (κ2) is 13.1. The molecule has 0 saturated heterocycles. The number of anilines is 1. The number of carbonyl (C=O) groups excluding carboxylic acids is 2. The maximum absolute atomic E-state index is 12.9. The zero-order chi connectivity index (χ0) is 28.5. The van der Waals surface area contributed by atoms with Crippen molar-refractivity contribution in [3.8, 4) is 5.75 Å². The Bertz CT molecular complexity index is 1560. The van der Waals surface area contributed by atoms with Crippen LogP contribution in [0.5, 0.6) is 5.75 Å². The lowest BCUT2D eigenvalue weighted by Crippen LogP contribution is -2.35. The average molecular weight is 559 g/mol. The molecule has 0 heterocycles. The van der Waals surface area contributed by atoms with E-state index in [2.05, 4.69) is 5.32 Å². The van der Waals surface area contributed by atoms with Crippen LogP contribution in [0.25, 0.3) is 0 Å².